The summed E-state index contributed by atoms with van der Waals surface area (Å²) in [6.07, 6.45) is 5.48. The third-order valence-electron chi connectivity index (χ3n) is 6.04. The van der Waals surface area contributed by atoms with Crippen LogP contribution in [-0.2, 0) is 4.57 Å². The number of ketones is 2. The Morgan fingerprint density at radius 2 is 1.11 bits per heavy atom. The Kier molecular flexibility index (Phi) is 12.0. The van der Waals surface area contributed by atoms with Crippen LogP contribution in [0, 0.1) is 13.8 Å². The Bertz CT molecular complexity index is 1790. The molecule has 0 unspecified atom stereocenters. The number of aromatic hydroxyl groups is 1. The minimum absolute atomic E-state index is 0.0491. The highest BCUT2D eigenvalue weighted by atomic mass is 31.2. The van der Waals surface area contributed by atoms with E-state index in [2.05, 4.69) is 4.52 Å². The van der Waals surface area contributed by atoms with E-state index in [1.807, 2.05) is 6.92 Å². The number of methoxy groups -OCH3 is 4. The van der Waals surface area contributed by atoms with Crippen LogP contribution in [0.25, 0.3) is 12.2 Å². The molecule has 0 aliphatic rings. The summed E-state index contributed by atoms with van der Waals surface area (Å²) >= 11 is 0. The second-order valence-electron chi connectivity index (χ2n) is 9.30. The van der Waals surface area contributed by atoms with Crippen LogP contribution in [0.3, 0.4) is 0 Å². The molecule has 14 heteroatoms. The zero-order valence-corrected chi connectivity index (χ0v) is 26.7. The van der Waals surface area contributed by atoms with Crippen molar-refractivity contribution < 1.29 is 61.4 Å². The van der Waals surface area contributed by atoms with Crippen molar-refractivity contribution in [2.45, 2.75) is 13.8 Å². The summed E-state index contributed by atoms with van der Waals surface area (Å²) < 4.78 is 46.8. The third kappa shape index (κ3) is 9.63. The summed E-state index contributed by atoms with van der Waals surface area (Å²) in [7, 11) is 0.664. The number of hydrogen-bond acceptors (Lipinski definition) is 11. The molecular formula is C32H33O13P. The SMILES string of the molecule is COc1cc(O)c(C(=O)C=Cc2ccc(C)o2)c(OC)c1.COc1cc(OC)c(C(=O)C=Cc2ccc(C)o2)c(OP(=O)(O)O)c1. The second kappa shape index (κ2) is 15.7. The quantitative estimate of drug-likeness (QED) is 0.0893. The van der Waals surface area contributed by atoms with Crippen molar-refractivity contribution in [2.24, 2.45) is 0 Å². The van der Waals surface area contributed by atoms with Gasteiger partial charge in [-0.15, -0.1) is 0 Å². The number of ether oxygens (including phenoxy) is 4. The average molecular weight is 657 g/mol. The summed E-state index contributed by atoms with van der Waals surface area (Å²) in [5, 5.41) is 9.97. The predicted molar refractivity (Wildman–Crippen MR) is 167 cm³/mol. The van der Waals surface area contributed by atoms with Crippen molar-refractivity contribution in [3.05, 3.63) is 94.9 Å². The first kappa shape index (κ1) is 35.3. The molecule has 0 aliphatic heterocycles. The van der Waals surface area contributed by atoms with E-state index in [0.717, 1.165) is 5.76 Å². The summed E-state index contributed by atoms with van der Waals surface area (Å²) in [4.78, 5) is 42.9. The number of phenols is 1. The number of benzene rings is 2. The summed E-state index contributed by atoms with van der Waals surface area (Å²) in [6, 6.07) is 12.5. The lowest BCUT2D eigenvalue weighted by atomic mass is 10.1. The molecule has 0 radical (unpaired) electrons. The third-order valence-corrected chi connectivity index (χ3v) is 6.47. The van der Waals surface area contributed by atoms with Gasteiger partial charge in [-0.3, -0.25) is 19.4 Å². The maximum atomic E-state index is 12.5. The van der Waals surface area contributed by atoms with Gasteiger partial charge in [0.1, 0.15) is 68.7 Å². The number of rotatable bonds is 12. The van der Waals surface area contributed by atoms with Crippen LogP contribution in [0.4, 0.5) is 0 Å². The number of aryl methyl sites for hydroxylation is 2. The van der Waals surface area contributed by atoms with Gasteiger partial charge in [-0.2, -0.15) is 0 Å². The van der Waals surface area contributed by atoms with Crippen LogP contribution in [0.5, 0.6) is 34.5 Å². The number of phosphoric ester groups is 1. The van der Waals surface area contributed by atoms with E-state index in [1.165, 1.54) is 70.9 Å². The predicted octanol–water partition coefficient (Wildman–Crippen LogP) is 6.18. The molecule has 46 heavy (non-hydrogen) atoms. The highest BCUT2D eigenvalue weighted by Crippen LogP contribution is 2.44. The molecule has 244 valence electrons. The highest BCUT2D eigenvalue weighted by Gasteiger charge is 2.25. The highest BCUT2D eigenvalue weighted by molar-refractivity contribution is 7.46. The van der Waals surface area contributed by atoms with Crippen LogP contribution in [-0.4, -0.2) is 54.9 Å². The maximum Gasteiger partial charge on any atom is 0.524 e. The molecule has 0 bridgehead atoms. The lowest BCUT2D eigenvalue weighted by Crippen LogP contribution is -2.04. The minimum Gasteiger partial charge on any atom is -0.507 e. The number of allylic oxidation sites excluding steroid dienone is 2. The lowest BCUT2D eigenvalue weighted by molar-refractivity contribution is 0.103. The molecular weight excluding hydrogens is 623 g/mol. The standard InChI is InChI=1S/C16H17O8P.C16H16O5/c1-10-4-5-11(23-10)6-7-13(17)16-14(22-3)8-12(21-2)9-15(16)24-25(18,19)20;1-10-4-5-11(21-10)6-7-13(17)16-14(18)8-12(19-2)9-15(16)20-3/h4-9H,1-3H3,(H2,18,19,20);4-9,18H,1-3H3. The summed E-state index contributed by atoms with van der Waals surface area (Å²) in [6.45, 7) is 3.58. The first-order chi connectivity index (χ1) is 21.8. The molecule has 0 saturated heterocycles. The molecule has 0 saturated carbocycles. The van der Waals surface area contributed by atoms with Crippen molar-refractivity contribution in [3.8, 4) is 34.5 Å². The van der Waals surface area contributed by atoms with Gasteiger partial charge in [-0.05, 0) is 62.4 Å². The van der Waals surface area contributed by atoms with Crippen molar-refractivity contribution in [3.63, 3.8) is 0 Å². The van der Waals surface area contributed by atoms with Gasteiger partial charge in [-0.25, -0.2) is 4.57 Å². The van der Waals surface area contributed by atoms with Gasteiger partial charge < -0.3 is 37.4 Å². The van der Waals surface area contributed by atoms with E-state index >= 15 is 0 Å². The number of phosphoric acid groups is 1. The molecule has 2 aromatic heterocycles. The lowest BCUT2D eigenvalue weighted by Gasteiger charge is -2.15. The molecule has 3 N–H and O–H groups in total. The van der Waals surface area contributed by atoms with Crippen LogP contribution < -0.4 is 23.5 Å². The number of phenolic OH excluding ortho intramolecular Hbond substituents is 1. The molecule has 4 aromatic rings. The Morgan fingerprint density at radius 3 is 1.52 bits per heavy atom. The monoisotopic (exact) mass is 656 g/mol. The van der Waals surface area contributed by atoms with Gasteiger partial charge in [0, 0.05) is 24.3 Å². The van der Waals surface area contributed by atoms with Crippen molar-refractivity contribution in [1.29, 1.82) is 0 Å². The van der Waals surface area contributed by atoms with Crippen molar-refractivity contribution >= 4 is 31.5 Å². The molecule has 13 nitrogen and oxygen atoms in total. The molecule has 0 aliphatic carbocycles. The van der Waals surface area contributed by atoms with Crippen molar-refractivity contribution in [1.82, 2.24) is 0 Å². The zero-order chi connectivity index (χ0) is 34.0. The minimum atomic E-state index is -4.89. The Balaban J connectivity index is 0.000000254. The Hall–Kier alpha value is -5.23. The van der Waals surface area contributed by atoms with Gasteiger partial charge in [-0.1, -0.05) is 0 Å². The van der Waals surface area contributed by atoms with E-state index in [-0.39, 0.29) is 45.7 Å². The van der Waals surface area contributed by atoms with Crippen LogP contribution >= 0.6 is 7.82 Å². The fraction of sp³-hybridized carbons (Fsp3) is 0.188. The number of furan rings is 2. The fourth-order valence-corrected chi connectivity index (χ4v) is 4.36. The van der Waals surface area contributed by atoms with Gasteiger partial charge in [0.15, 0.2) is 11.6 Å². The van der Waals surface area contributed by atoms with E-state index in [9.17, 15) is 19.3 Å². The maximum absolute atomic E-state index is 12.5. The van der Waals surface area contributed by atoms with E-state index < -0.39 is 13.6 Å². The van der Waals surface area contributed by atoms with E-state index in [0.29, 0.717) is 23.0 Å². The number of hydrogen-bond donors (Lipinski definition) is 3. The molecule has 0 spiro atoms. The average Bonchev–Trinajstić information content (AvgIpc) is 3.63. The topological polar surface area (TPSA) is 184 Å². The smallest absolute Gasteiger partial charge is 0.507 e. The van der Waals surface area contributed by atoms with E-state index in [1.54, 1.807) is 37.3 Å². The fourth-order valence-electron chi connectivity index (χ4n) is 3.96. The summed E-state index contributed by atoms with van der Waals surface area (Å²) in [5.74, 6) is 1.85. The zero-order valence-electron chi connectivity index (χ0n) is 25.8. The first-order valence-electron chi connectivity index (χ1n) is 13.3. The normalized spacial score (nSPS) is 11.2. The number of carbonyl (C=O) groups excluding carboxylic acids is 2. The van der Waals surface area contributed by atoms with Gasteiger partial charge in [0.25, 0.3) is 0 Å². The number of carbonyl (C=O) groups is 2. The van der Waals surface area contributed by atoms with Crippen LogP contribution in [0.15, 0.2) is 69.5 Å². The summed E-state index contributed by atoms with van der Waals surface area (Å²) in [5.41, 5.74) is -0.0658. The first-order valence-corrected chi connectivity index (χ1v) is 14.8. The van der Waals surface area contributed by atoms with Crippen LogP contribution in [0.1, 0.15) is 43.8 Å². The molecule has 2 aromatic carbocycles. The van der Waals surface area contributed by atoms with Gasteiger partial charge in [0.2, 0.25) is 0 Å². The van der Waals surface area contributed by atoms with Crippen LogP contribution in [0.2, 0.25) is 0 Å². The molecule has 2 heterocycles. The largest absolute Gasteiger partial charge is 0.524 e. The Labute approximate surface area is 264 Å². The second-order valence-corrected chi connectivity index (χ2v) is 10.5. The van der Waals surface area contributed by atoms with Crippen molar-refractivity contribution in [2.75, 3.05) is 28.4 Å². The van der Waals surface area contributed by atoms with Gasteiger partial charge >= 0.3 is 7.82 Å². The van der Waals surface area contributed by atoms with E-state index in [4.69, 9.17) is 37.6 Å². The molecule has 0 amide bonds. The molecule has 0 atom stereocenters. The molecule has 0 fully saturated rings. The molecule has 4 rings (SSSR count). The van der Waals surface area contributed by atoms with Gasteiger partial charge in [0.05, 0.1) is 28.4 Å². The Morgan fingerprint density at radius 1 is 0.674 bits per heavy atom.